The first kappa shape index (κ1) is 10.2. The zero-order valence-corrected chi connectivity index (χ0v) is 8.67. The fourth-order valence-electron chi connectivity index (χ4n) is 1.92. The van der Waals surface area contributed by atoms with Crippen LogP contribution in [0.15, 0.2) is 42.5 Å². The SMILES string of the molecule is CC1(O)C=CCC(O)N1c1ccccc1. The molecule has 80 valence electrons. The summed E-state index contributed by atoms with van der Waals surface area (Å²) in [4.78, 5) is 1.60. The maximum absolute atomic E-state index is 10.1. The number of rotatable bonds is 1. The van der Waals surface area contributed by atoms with Gasteiger partial charge in [0.05, 0.1) is 0 Å². The molecule has 0 saturated carbocycles. The van der Waals surface area contributed by atoms with Crippen molar-refractivity contribution >= 4 is 5.69 Å². The number of anilines is 1. The third kappa shape index (κ3) is 1.89. The fraction of sp³-hybridized carbons (Fsp3) is 0.333. The van der Waals surface area contributed by atoms with Crippen molar-refractivity contribution in [1.29, 1.82) is 0 Å². The highest BCUT2D eigenvalue weighted by Crippen LogP contribution is 2.29. The molecule has 2 N–H and O–H groups in total. The minimum Gasteiger partial charge on any atom is -0.373 e. The molecule has 0 fully saturated rings. The second kappa shape index (κ2) is 3.68. The molecule has 3 heteroatoms. The molecule has 2 atom stereocenters. The van der Waals surface area contributed by atoms with Crippen LogP contribution in [-0.4, -0.2) is 22.2 Å². The summed E-state index contributed by atoms with van der Waals surface area (Å²) in [5.74, 6) is 0. The Morgan fingerprint density at radius 2 is 2.00 bits per heavy atom. The van der Waals surface area contributed by atoms with E-state index in [1.165, 1.54) is 0 Å². The van der Waals surface area contributed by atoms with E-state index in [0.717, 1.165) is 5.69 Å². The Morgan fingerprint density at radius 1 is 1.33 bits per heavy atom. The van der Waals surface area contributed by atoms with E-state index in [1.54, 1.807) is 24.0 Å². The third-order valence-corrected chi connectivity index (χ3v) is 2.60. The normalized spacial score (nSPS) is 30.6. The van der Waals surface area contributed by atoms with Gasteiger partial charge in [-0.15, -0.1) is 0 Å². The predicted molar refractivity (Wildman–Crippen MR) is 59.3 cm³/mol. The summed E-state index contributed by atoms with van der Waals surface area (Å²) in [7, 11) is 0. The van der Waals surface area contributed by atoms with Crippen LogP contribution in [0.3, 0.4) is 0 Å². The molecule has 2 unspecified atom stereocenters. The lowest BCUT2D eigenvalue weighted by atomic mass is 10.1. The van der Waals surface area contributed by atoms with Crippen molar-refractivity contribution in [2.75, 3.05) is 4.90 Å². The van der Waals surface area contributed by atoms with E-state index in [9.17, 15) is 10.2 Å². The van der Waals surface area contributed by atoms with Gasteiger partial charge in [0, 0.05) is 12.1 Å². The van der Waals surface area contributed by atoms with Gasteiger partial charge in [-0.25, -0.2) is 0 Å². The van der Waals surface area contributed by atoms with Crippen LogP contribution < -0.4 is 4.90 Å². The summed E-state index contributed by atoms with van der Waals surface area (Å²) in [5.41, 5.74) is -0.307. The van der Waals surface area contributed by atoms with Crippen molar-refractivity contribution in [1.82, 2.24) is 0 Å². The van der Waals surface area contributed by atoms with E-state index >= 15 is 0 Å². The van der Waals surface area contributed by atoms with Gasteiger partial charge in [0.2, 0.25) is 0 Å². The van der Waals surface area contributed by atoms with Crippen LogP contribution in [-0.2, 0) is 0 Å². The van der Waals surface area contributed by atoms with E-state index in [4.69, 9.17) is 0 Å². The first-order chi connectivity index (χ1) is 7.11. The molecule has 3 nitrogen and oxygen atoms in total. The molecule has 1 aliphatic heterocycles. The fourth-order valence-corrected chi connectivity index (χ4v) is 1.92. The summed E-state index contributed by atoms with van der Waals surface area (Å²) in [6, 6.07) is 9.42. The van der Waals surface area contributed by atoms with Crippen molar-refractivity contribution in [2.24, 2.45) is 0 Å². The van der Waals surface area contributed by atoms with Gasteiger partial charge in [0.1, 0.15) is 6.23 Å². The average Bonchev–Trinajstić information content (AvgIpc) is 2.17. The molecule has 0 amide bonds. The van der Waals surface area contributed by atoms with Gasteiger partial charge < -0.3 is 15.1 Å². The molecule has 0 bridgehead atoms. The number of nitrogens with zero attached hydrogens (tertiary/aromatic N) is 1. The quantitative estimate of drug-likeness (QED) is 0.682. The maximum Gasteiger partial charge on any atom is 0.156 e. The van der Waals surface area contributed by atoms with Gasteiger partial charge in [-0.1, -0.05) is 24.3 Å². The van der Waals surface area contributed by atoms with Gasteiger partial charge >= 0.3 is 0 Å². The van der Waals surface area contributed by atoms with Crippen LogP contribution in [0.5, 0.6) is 0 Å². The summed E-state index contributed by atoms with van der Waals surface area (Å²) >= 11 is 0. The van der Waals surface area contributed by atoms with Crippen LogP contribution in [0.2, 0.25) is 0 Å². The summed E-state index contributed by atoms with van der Waals surface area (Å²) in [6.07, 6.45) is 3.36. The number of aliphatic hydroxyl groups excluding tert-OH is 1. The van der Waals surface area contributed by atoms with Crippen LogP contribution in [0.4, 0.5) is 5.69 Å². The lowest BCUT2D eigenvalue weighted by Crippen LogP contribution is -2.53. The molecule has 0 spiro atoms. The van der Waals surface area contributed by atoms with Gasteiger partial charge in [-0.3, -0.25) is 0 Å². The monoisotopic (exact) mass is 205 g/mol. The van der Waals surface area contributed by atoms with Crippen LogP contribution >= 0.6 is 0 Å². The molecule has 0 saturated heterocycles. The van der Waals surface area contributed by atoms with E-state index in [0.29, 0.717) is 6.42 Å². The molecular weight excluding hydrogens is 190 g/mol. The van der Waals surface area contributed by atoms with Crippen LogP contribution in [0, 0.1) is 0 Å². The number of hydrogen-bond acceptors (Lipinski definition) is 3. The summed E-state index contributed by atoms with van der Waals surface area (Å²) < 4.78 is 0. The van der Waals surface area contributed by atoms with Crippen molar-refractivity contribution in [2.45, 2.75) is 25.3 Å². The Morgan fingerprint density at radius 3 is 2.60 bits per heavy atom. The van der Waals surface area contributed by atoms with Crippen molar-refractivity contribution in [3.63, 3.8) is 0 Å². The minimum absolute atomic E-state index is 0.533. The van der Waals surface area contributed by atoms with E-state index < -0.39 is 12.0 Å². The number of benzene rings is 1. The Balaban J connectivity index is 2.38. The zero-order chi connectivity index (χ0) is 10.9. The third-order valence-electron chi connectivity index (χ3n) is 2.60. The van der Waals surface area contributed by atoms with E-state index in [2.05, 4.69) is 0 Å². The molecule has 1 aromatic carbocycles. The second-order valence-corrected chi connectivity index (χ2v) is 3.92. The minimum atomic E-state index is -1.13. The van der Waals surface area contributed by atoms with Gasteiger partial charge in [0.25, 0.3) is 0 Å². The number of hydrogen-bond donors (Lipinski definition) is 2. The Kier molecular flexibility index (Phi) is 2.50. The molecular formula is C12H15NO2. The van der Waals surface area contributed by atoms with E-state index in [-0.39, 0.29) is 0 Å². The molecule has 2 rings (SSSR count). The smallest absolute Gasteiger partial charge is 0.156 e. The molecule has 0 radical (unpaired) electrons. The maximum atomic E-state index is 10.1. The molecule has 15 heavy (non-hydrogen) atoms. The lowest BCUT2D eigenvalue weighted by Gasteiger charge is -2.42. The standard InChI is InChI=1S/C12H15NO2/c1-12(15)9-5-8-11(14)13(12)10-6-3-2-4-7-10/h2-7,9,11,14-15H,8H2,1H3. The van der Waals surface area contributed by atoms with Crippen LogP contribution in [0.1, 0.15) is 13.3 Å². The van der Waals surface area contributed by atoms with Crippen molar-refractivity contribution < 1.29 is 10.2 Å². The largest absolute Gasteiger partial charge is 0.373 e. The van der Waals surface area contributed by atoms with Crippen molar-refractivity contribution in [3.05, 3.63) is 42.5 Å². The molecule has 1 aromatic rings. The van der Waals surface area contributed by atoms with Crippen LogP contribution in [0.25, 0.3) is 0 Å². The van der Waals surface area contributed by atoms with Gasteiger partial charge in [-0.05, 0) is 25.1 Å². The first-order valence-electron chi connectivity index (χ1n) is 5.04. The lowest BCUT2D eigenvalue weighted by molar-refractivity contribution is 0.0368. The van der Waals surface area contributed by atoms with E-state index in [1.807, 2.05) is 30.3 Å². The Labute approximate surface area is 89.3 Å². The second-order valence-electron chi connectivity index (χ2n) is 3.92. The number of aliphatic hydroxyl groups is 2. The average molecular weight is 205 g/mol. The Bertz CT molecular complexity index is 359. The topological polar surface area (TPSA) is 43.7 Å². The van der Waals surface area contributed by atoms with Crippen molar-refractivity contribution in [3.8, 4) is 0 Å². The van der Waals surface area contributed by atoms with Gasteiger partial charge in [-0.2, -0.15) is 0 Å². The molecule has 1 heterocycles. The molecule has 0 aromatic heterocycles. The van der Waals surface area contributed by atoms with Gasteiger partial charge in [0.15, 0.2) is 5.72 Å². The molecule has 1 aliphatic rings. The highest BCUT2D eigenvalue weighted by Gasteiger charge is 2.33. The molecule has 0 aliphatic carbocycles. The number of para-hydroxylation sites is 1. The first-order valence-corrected chi connectivity index (χ1v) is 5.04. The highest BCUT2D eigenvalue weighted by molar-refractivity contribution is 5.50. The Hall–Kier alpha value is -1.32. The summed E-state index contributed by atoms with van der Waals surface area (Å²) in [6.45, 7) is 1.67. The predicted octanol–water partition coefficient (Wildman–Crippen LogP) is 1.48. The zero-order valence-electron chi connectivity index (χ0n) is 8.67. The summed E-state index contributed by atoms with van der Waals surface area (Å²) in [5, 5.41) is 20.0. The highest BCUT2D eigenvalue weighted by atomic mass is 16.3.